The summed E-state index contributed by atoms with van der Waals surface area (Å²) in [6.45, 7) is 9.91. The van der Waals surface area contributed by atoms with E-state index in [1.807, 2.05) is 27.7 Å². The fraction of sp³-hybridized carbons (Fsp3) is 0.562. The van der Waals surface area contributed by atoms with Gasteiger partial charge >= 0.3 is 0 Å². The molecule has 1 atom stereocenters. The molecule has 0 saturated heterocycles. The standard InChI is InChI=1S/C16H24N2O3S/c1-6-11(2)17-22(20,21)13-7-8-15-14(9-13)16(4,5)10-18(15)12(3)19/h7-9,11,17H,6,10H2,1-5H3/t11-/m1/s1. The van der Waals surface area contributed by atoms with Gasteiger partial charge in [0.2, 0.25) is 15.9 Å². The topological polar surface area (TPSA) is 66.5 Å². The summed E-state index contributed by atoms with van der Waals surface area (Å²) >= 11 is 0. The summed E-state index contributed by atoms with van der Waals surface area (Å²) < 4.78 is 27.5. The Hall–Kier alpha value is -1.40. The zero-order chi connectivity index (χ0) is 16.7. The van der Waals surface area contributed by atoms with E-state index in [0.29, 0.717) is 6.54 Å². The summed E-state index contributed by atoms with van der Waals surface area (Å²) in [5.41, 5.74) is 1.44. The van der Waals surface area contributed by atoms with Gasteiger partial charge in [0.05, 0.1) is 4.90 Å². The van der Waals surface area contributed by atoms with Crippen molar-refractivity contribution >= 4 is 21.6 Å². The van der Waals surface area contributed by atoms with Gasteiger partial charge < -0.3 is 4.90 Å². The number of anilines is 1. The lowest BCUT2D eigenvalue weighted by Gasteiger charge is -2.19. The van der Waals surface area contributed by atoms with Crippen molar-refractivity contribution in [2.75, 3.05) is 11.4 Å². The highest BCUT2D eigenvalue weighted by Gasteiger charge is 2.37. The Labute approximate surface area is 132 Å². The number of hydrogen-bond donors (Lipinski definition) is 1. The first-order valence-electron chi connectivity index (χ1n) is 7.53. The van der Waals surface area contributed by atoms with Crippen molar-refractivity contribution in [1.82, 2.24) is 4.72 Å². The molecule has 2 rings (SSSR count). The minimum Gasteiger partial charge on any atom is -0.311 e. The molecule has 0 bridgehead atoms. The fourth-order valence-corrected chi connectivity index (χ4v) is 4.08. The predicted molar refractivity (Wildman–Crippen MR) is 87.6 cm³/mol. The van der Waals surface area contributed by atoms with Gasteiger partial charge in [0.15, 0.2) is 0 Å². The lowest BCUT2D eigenvalue weighted by molar-refractivity contribution is -0.116. The molecule has 0 aliphatic carbocycles. The molecule has 5 nitrogen and oxygen atoms in total. The van der Waals surface area contributed by atoms with E-state index in [-0.39, 0.29) is 22.3 Å². The minimum absolute atomic E-state index is 0.0276. The van der Waals surface area contributed by atoms with Crippen LogP contribution in [0.2, 0.25) is 0 Å². The molecule has 1 aromatic carbocycles. The van der Waals surface area contributed by atoms with Gasteiger partial charge in [-0.25, -0.2) is 13.1 Å². The molecule has 0 radical (unpaired) electrons. The van der Waals surface area contributed by atoms with Gasteiger partial charge in [-0.1, -0.05) is 20.8 Å². The van der Waals surface area contributed by atoms with Crippen LogP contribution in [0.15, 0.2) is 23.1 Å². The highest BCUT2D eigenvalue weighted by atomic mass is 32.2. The molecule has 1 aliphatic rings. The van der Waals surface area contributed by atoms with E-state index in [9.17, 15) is 13.2 Å². The second-order valence-electron chi connectivity index (χ2n) is 6.60. The number of rotatable bonds is 4. The van der Waals surface area contributed by atoms with Crippen molar-refractivity contribution in [3.8, 4) is 0 Å². The lowest BCUT2D eigenvalue weighted by atomic mass is 9.87. The highest BCUT2D eigenvalue weighted by molar-refractivity contribution is 7.89. The van der Waals surface area contributed by atoms with E-state index in [1.165, 1.54) is 6.92 Å². The molecule has 1 amide bonds. The SMILES string of the molecule is CC[C@@H](C)NS(=O)(=O)c1ccc2c(c1)C(C)(C)CN2C(C)=O. The Morgan fingerprint density at radius 3 is 2.59 bits per heavy atom. The lowest BCUT2D eigenvalue weighted by Crippen LogP contribution is -2.32. The molecule has 1 aliphatic heterocycles. The van der Waals surface area contributed by atoms with Crippen LogP contribution in [0.5, 0.6) is 0 Å². The molecule has 122 valence electrons. The molecule has 22 heavy (non-hydrogen) atoms. The normalized spacial score (nSPS) is 18.1. The molecule has 1 heterocycles. The second kappa shape index (κ2) is 5.66. The van der Waals surface area contributed by atoms with Gasteiger partial charge in [-0.15, -0.1) is 0 Å². The van der Waals surface area contributed by atoms with Crippen LogP contribution in [0, 0.1) is 0 Å². The Morgan fingerprint density at radius 1 is 1.41 bits per heavy atom. The smallest absolute Gasteiger partial charge is 0.240 e. The number of carbonyl (C=O) groups is 1. The zero-order valence-corrected chi connectivity index (χ0v) is 14.6. The van der Waals surface area contributed by atoms with Crippen LogP contribution in [0.1, 0.15) is 46.6 Å². The summed E-state index contributed by atoms with van der Waals surface area (Å²) in [5, 5.41) is 0. The average molecular weight is 324 g/mol. The Balaban J connectivity index is 2.46. The number of nitrogens with one attached hydrogen (secondary N) is 1. The molecule has 0 aromatic heterocycles. The Kier molecular flexibility index (Phi) is 4.37. The number of fused-ring (bicyclic) bond motifs is 1. The van der Waals surface area contributed by atoms with E-state index in [0.717, 1.165) is 17.7 Å². The first-order chi connectivity index (χ1) is 10.1. The summed E-state index contributed by atoms with van der Waals surface area (Å²) in [6, 6.07) is 4.89. The van der Waals surface area contributed by atoms with Crippen molar-refractivity contribution in [1.29, 1.82) is 0 Å². The van der Waals surface area contributed by atoms with E-state index >= 15 is 0 Å². The van der Waals surface area contributed by atoms with Crippen molar-refractivity contribution < 1.29 is 13.2 Å². The summed E-state index contributed by atoms with van der Waals surface area (Å²) in [7, 11) is -3.53. The highest BCUT2D eigenvalue weighted by Crippen LogP contribution is 2.41. The Morgan fingerprint density at radius 2 is 2.05 bits per heavy atom. The van der Waals surface area contributed by atoms with Crippen molar-refractivity contribution in [2.24, 2.45) is 0 Å². The first kappa shape index (κ1) is 17.0. The number of benzene rings is 1. The van der Waals surface area contributed by atoms with Gasteiger partial charge in [-0.3, -0.25) is 4.79 Å². The van der Waals surface area contributed by atoms with Gasteiger partial charge in [-0.05, 0) is 37.1 Å². The third kappa shape index (κ3) is 3.03. The molecular weight excluding hydrogens is 300 g/mol. The number of nitrogens with zero attached hydrogens (tertiary/aromatic N) is 1. The minimum atomic E-state index is -3.53. The summed E-state index contributed by atoms with van der Waals surface area (Å²) in [4.78, 5) is 13.7. The fourth-order valence-electron chi connectivity index (χ4n) is 2.72. The first-order valence-corrected chi connectivity index (χ1v) is 9.02. The molecular formula is C16H24N2O3S. The van der Waals surface area contributed by atoms with Crippen LogP contribution >= 0.6 is 0 Å². The van der Waals surface area contributed by atoms with Gasteiger partial charge in [0.25, 0.3) is 0 Å². The van der Waals surface area contributed by atoms with E-state index < -0.39 is 10.0 Å². The van der Waals surface area contributed by atoms with E-state index in [2.05, 4.69) is 4.72 Å². The van der Waals surface area contributed by atoms with Crippen LogP contribution < -0.4 is 9.62 Å². The van der Waals surface area contributed by atoms with Crippen molar-refractivity contribution in [2.45, 2.75) is 57.4 Å². The van der Waals surface area contributed by atoms with Crippen LogP contribution in [0.4, 0.5) is 5.69 Å². The maximum atomic E-state index is 12.4. The molecule has 0 saturated carbocycles. The van der Waals surface area contributed by atoms with Gasteiger partial charge in [-0.2, -0.15) is 0 Å². The summed E-state index contributed by atoms with van der Waals surface area (Å²) in [6.07, 6.45) is 0.730. The molecule has 0 unspecified atom stereocenters. The van der Waals surface area contributed by atoms with Crippen LogP contribution in [0.3, 0.4) is 0 Å². The molecule has 0 spiro atoms. The molecule has 6 heteroatoms. The second-order valence-corrected chi connectivity index (χ2v) is 8.31. The van der Waals surface area contributed by atoms with Crippen molar-refractivity contribution in [3.05, 3.63) is 23.8 Å². The quantitative estimate of drug-likeness (QED) is 0.925. The third-order valence-electron chi connectivity index (χ3n) is 4.20. The van der Waals surface area contributed by atoms with Crippen LogP contribution in [0.25, 0.3) is 0 Å². The molecule has 1 N–H and O–H groups in total. The van der Waals surface area contributed by atoms with E-state index in [1.54, 1.807) is 23.1 Å². The predicted octanol–water partition coefficient (Wildman–Crippen LogP) is 2.41. The van der Waals surface area contributed by atoms with Gasteiger partial charge in [0, 0.05) is 30.6 Å². The molecule has 1 aromatic rings. The van der Waals surface area contributed by atoms with Crippen LogP contribution in [-0.4, -0.2) is 26.9 Å². The van der Waals surface area contributed by atoms with Crippen molar-refractivity contribution in [3.63, 3.8) is 0 Å². The largest absolute Gasteiger partial charge is 0.311 e. The van der Waals surface area contributed by atoms with Gasteiger partial charge in [0.1, 0.15) is 0 Å². The number of amides is 1. The maximum absolute atomic E-state index is 12.4. The number of sulfonamides is 1. The maximum Gasteiger partial charge on any atom is 0.240 e. The monoisotopic (exact) mass is 324 g/mol. The molecule has 0 fully saturated rings. The number of carbonyl (C=O) groups excluding carboxylic acids is 1. The number of hydrogen-bond acceptors (Lipinski definition) is 3. The summed E-state index contributed by atoms with van der Waals surface area (Å²) in [5.74, 6) is -0.0276. The Bertz CT molecular complexity index is 695. The van der Waals surface area contributed by atoms with Crippen LogP contribution in [-0.2, 0) is 20.2 Å². The third-order valence-corrected chi connectivity index (χ3v) is 5.79. The zero-order valence-electron chi connectivity index (χ0n) is 13.8. The van der Waals surface area contributed by atoms with E-state index in [4.69, 9.17) is 0 Å². The average Bonchev–Trinajstić information content (AvgIpc) is 2.70.